The van der Waals surface area contributed by atoms with Gasteiger partial charge in [-0.1, -0.05) is 20.8 Å². The van der Waals surface area contributed by atoms with Gasteiger partial charge in [0.15, 0.2) is 0 Å². The number of carbonyl (C=O) groups excluding carboxylic acids is 1. The average Bonchev–Trinajstić information content (AvgIpc) is 2.23. The van der Waals surface area contributed by atoms with Crippen LogP contribution in [0.15, 0.2) is 21.5 Å². The first kappa shape index (κ1) is 17.4. The molecule has 0 radical (unpaired) electrons. The summed E-state index contributed by atoms with van der Waals surface area (Å²) in [5.41, 5.74) is -0.126. The maximum absolute atomic E-state index is 13.5. The lowest BCUT2D eigenvalue weighted by molar-refractivity contribution is 0.0938. The van der Waals surface area contributed by atoms with Crippen LogP contribution in [-0.2, 0) is 9.05 Å². The molecule has 1 aromatic carbocycles. The number of carbonyl (C=O) groups is 1. The lowest BCUT2D eigenvalue weighted by atomic mass is 9.97. The molecule has 0 spiro atoms. The summed E-state index contributed by atoms with van der Waals surface area (Å²) in [6, 6.07) is 1.82. The van der Waals surface area contributed by atoms with Gasteiger partial charge >= 0.3 is 0 Å². The van der Waals surface area contributed by atoms with Crippen LogP contribution in [0.2, 0.25) is 0 Å². The van der Waals surface area contributed by atoms with Crippen molar-refractivity contribution >= 4 is 41.6 Å². The van der Waals surface area contributed by atoms with Crippen LogP contribution in [0.1, 0.15) is 31.1 Å². The van der Waals surface area contributed by atoms with Crippen molar-refractivity contribution in [2.45, 2.75) is 25.7 Å². The zero-order valence-electron chi connectivity index (χ0n) is 11.1. The molecule has 4 nitrogen and oxygen atoms in total. The van der Waals surface area contributed by atoms with E-state index in [1.807, 2.05) is 20.8 Å². The van der Waals surface area contributed by atoms with Crippen molar-refractivity contribution in [3.63, 3.8) is 0 Å². The lowest BCUT2D eigenvalue weighted by Crippen LogP contribution is -2.32. The molecular formula is C12H14BrClFNO3S. The Labute approximate surface area is 130 Å². The molecule has 0 saturated heterocycles. The quantitative estimate of drug-likeness (QED) is 0.811. The molecule has 0 unspecified atom stereocenters. The van der Waals surface area contributed by atoms with Crippen molar-refractivity contribution in [3.8, 4) is 0 Å². The van der Waals surface area contributed by atoms with E-state index in [0.29, 0.717) is 6.54 Å². The van der Waals surface area contributed by atoms with Gasteiger partial charge in [0.25, 0.3) is 15.0 Å². The van der Waals surface area contributed by atoms with E-state index in [9.17, 15) is 17.6 Å². The third kappa shape index (κ3) is 4.71. The van der Waals surface area contributed by atoms with Crippen LogP contribution < -0.4 is 5.32 Å². The number of rotatable bonds is 3. The van der Waals surface area contributed by atoms with E-state index in [1.165, 1.54) is 0 Å². The van der Waals surface area contributed by atoms with Gasteiger partial charge in [0, 0.05) is 21.7 Å². The van der Waals surface area contributed by atoms with Crippen molar-refractivity contribution in [2.24, 2.45) is 5.41 Å². The van der Waals surface area contributed by atoms with Crippen LogP contribution in [-0.4, -0.2) is 20.9 Å². The maximum atomic E-state index is 13.5. The van der Waals surface area contributed by atoms with E-state index in [1.54, 1.807) is 0 Å². The van der Waals surface area contributed by atoms with Gasteiger partial charge in [-0.25, -0.2) is 12.8 Å². The Morgan fingerprint density at radius 1 is 1.40 bits per heavy atom. The SMILES string of the molecule is CC(C)(C)CNC(=O)c1cc(S(=O)(=O)Cl)c(F)cc1Br. The van der Waals surface area contributed by atoms with Gasteiger partial charge < -0.3 is 5.32 Å². The molecule has 0 aliphatic carbocycles. The first-order valence-electron chi connectivity index (χ1n) is 5.64. The molecule has 0 bridgehead atoms. The van der Waals surface area contributed by atoms with E-state index in [0.717, 1.165) is 12.1 Å². The fourth-order valence-corrected chi connectivity index (χ4v) is 2.73. The smallest absolute Gasteiger partial charge is 0.264 e. The Morgan fingerprint density at radius 2 is 1.95 bits per heavy atom. The van der Waals surface area contributed by atoms with Crippen LogP contribution in [0.5, 0.6) is 0 Å². The van der Waals surface area contributed by atoms with E-state index in [4.69, 9.17) is 10.7 Å². The highest BCUT2D eigenvalue weighted by molar-refractivity contribution is 9.10. The van der Waals surface area contributed by atoms with Gasteiger partial charge in [0.1, 0.15) is 10.7 Å². The monoisotopic (exact) mass is 385 g/mol. The van der Waals surface area contributed by atoms with Crippen LogP contribution in [0.3, 0.4) is 0 Å². The van der Waals surface area contributed by atoms with E-state index in [2.05, 4.69) is 21.2 Å². The summed E-state index contributed by atoms with van der Waals surface area (Å²) in [5, 5.41) is 2.65. The van der Waals surface area contributed by atoms with Crippen molar-refractivity contribution < 1.29 is 17.6 Å². The molecule has 0 atom stereocenters. The first-order chi connectivity index (χ1) is 8.92. The highest BCUT2D eigenvalue weighted by Crippen LogP contribution is 2.26. The summed E-state index contributed by atoms with van der Waals surface area (Å²) in [6.45, 7) is 6.18. The topological polar surface area (TPSA) is 63.2 Å². The van der Waals surface area contributed by atoms with E-state index < -0.39 is 25.7 Å². The average molecular weight is 387 g/mol. The molecule has 8 heteroatoms. The molecule has 1 amide bonds. The number of amides is 1. The Kier molecular flexibility index (Phi) is 5.21. The van der Waals surface area contributed by atoms with Crippen molar-refractivity contribution in [3.05, 3.63) is 28.0 Å². The van der Waals surface area contributed by atoms with Gasteiger partial charge in [-0.15, -0.1) is 0 Å². The summed E-state index contributed by atoms with van der Waals surface area (Å²) >= 11 is 3.03. The van der Waals surface area contributed by atoms with Gasteiger partial charge in [-0.05, 0) is 33.5 Å². The predicted octanol–water partition coefficient (Wildman–Crippen LogP) is 3.29. The molecule has 0 fully saturated rings. The highest BCUT2D eigenvalue weighted by Gasteiger charge is 2.22. The van der Waals surface area contributed by atoms with Crippen molar-refractivity contribution in [1.82, 2.24) is 5.32 Å². The molecule has 112 valence electrons. The predicted molar refractivity (Wildman–Crippen MR) is 78.9 cm³/mol. The fourth-order valence-electron chi connectivity index (χ4n) is 1.33. The molecule has 1 N–H and O–H groups in total. The zero-order valence-corrected chi connectivity index (χ0v) is 14.3. The van der Waals surface area contributed by atoms with Gasteiger partial charge in [-0.3, -0.25) is 4.79 Å². The Bertz CT molecular complexity index is 641. The normalized spacial score (nSPS) is 12.3. The summed E-state index contributed by atoms with van der Waals surface area (Å²) in [7, 11) is 0.874. The van der Waals surface area contributed by atoms with E-state index in [-0.39, 0.29) is 15.5 Å². The molecule has 0 aliphatic heterocycles. The second kappa shape index (κ2) is 5.99. The molecule has 1 rings (SSSR count). The molecule has 0 saturated carbocycles. The summed E-state index contributed by atoms with van der Waals surface area (Å²) < 4.78 is 36.2. The zero-order chi connectivity index (χ0) is 15.7. The van der Waals surface area contributed by atoms with Crippen molar-refractivity contribution in [2.75, 3.05) is 6.54 Å². The Hall–Kier alpha value is -0.660. The summed E-state index contributed by atoms with van der Waals surface area (Å²) in [5.74, 6) is -1.52. The third-order valence-corrected chi connectivity index (χ3v) is 4.30. The number of hydrogen-bond acceptors (Lipinski definition) is 3. The molecule has 0 aliphatic rings. The standard InChI is InChI=1S/C12H14BrClFNO3S/c1-12(2,3)6-16-11(17)7-4-10(20(14,18)19)9(15)5-8(7)13/h4-5H,6H2,1-3H3,(H,16,17). The molecule has 0 aromatic heterocycles. The highest BCUT2D eigenvalue weighted by atomic mass is 79.9. The molecular weight excluding hydrogens is 373 g/mol. The van der Waals surface area contributed by atoms with Gasteiger partial charge in [0.2, 0.25) is 0 Å². The summed E-state index contributed by atoms with van der Waals surface area (Å²) in [4.78, 5) is 11.3. The number of nitrogens with one attached hydrogen (secondary N) is 1. The molecule has 20 heavy (non-hydrogen) atoms. The number of benzene rings is 1. The second-order valence-corrected chi connectivity index (χ2v) is 8.83. The number of hydrogen-bond donors (Lipinski definition) is 1. The minimum Gasteiger partial charge on any atom is -0.351 e. The van der Waals surface area contributed by atoms with Crippen LogP contribution in [0, 0.1) is 11.2 Å². The second-order valence-electron chi connectivity index (χ2n) is 5.44. The van der Waals surface area contributed by atoms with Crippen LogP contribution in [0.4, 0.5) is 4.39 Å². The van der Waals surface area contributed by atoms with Crippen LogP contribution in [0.25, 0.3) is 0 Å². The fraction of sp³-hybridized carbons (Fsp3) is 0.417. The molecule has 1 aromatic rings. The first-order valence-corrected chi connectivity index (χ1v) is 8.74. The van der Waals surface area contributed by atoms with Gasteiger partial charge in [0.05, 0.1) is 5.56 Å². The van der Waals surface area contributed by atoms with E-state index >= 15 is 0 Å². The number of halogens is 3. The largest absolute Gasteiger partial charge is 0.351 e. The third-order valence-electron chi connectivity index (χ3n) is 2.31. The van der Waals surface area contributed by atoms with Gasteiger partial charge in [-0.2, -0.15) is 0 Å². The maximum Gasteiger partial charge on any atom is 0.264 e. The van der Waals surface area contributed by atoms with Crippen molar-refractivity contribution in [1.29, 1.82) is 0 Å². The minimum absolute atomic E-state index is 0.00914. The lowest BCUT2D eigenvalue weighted by Gasteiger charge is -2.19. The van der Waals surface area contributed by atoms with Crippen LogP contribution >= 0.6 is 26.6 Å². The molecule has 0 heterocycles. The Balaban J connectivity index is 3.16. The Morgan fingerprint density at radius 3 is 2.40 bits per heavy atom. The minimum atomic E-state index is -4.25. The summed E-state index contributed by atoms with van der Waals surface area (Å²) in [6.07, 6.45) is 0.